The van der Waals surface area contributed by atoms with Crippen LogP contribution in [0.15, 0.2) is 47.6 Å². The molecule has 0 atom stereocenters. The summed E-state index contributed by atoms with van der Waals surface area (Å²) in [5, 5.41) is 8.67. The molecule has 128 valence electrons. The van der Waals surface area contributed by atoms with E-state index in [0.717, 1.165) is 16.9 Å². The SMILES string of the molecule is COc1cc(C)c(C=CC(C)=C/C=C/C(C)=C/C(=O)O)c(C)c1C. The minimum atomic E-state index is -0.932. The van der Waals surface area contributed by atoms with Crippen LogP contribution in [0, 0.1) is 20.8 Å². The Morgan fingerprint density at radius 3 is 2.33 bits per heavy atom. The first-order chi connectivity index (χ1) is 11.3. The molecule has 1 aromatic rings. The van der Waals surface area contributed by atoms with Crippen molar-refractivity contribution in [3.8, 4) is 5.75 Å². The molecular weight excluding hydrogens is 300 g/mol. The lowest BCUT2D eigenvalue weighted by Gasteiger charge is -2.13. The van der Waals surface area contributed by atoms with Gasteiger partial charge in [0.15, 0.2) is 0 Å². The summed E-state index contributed by atoms with van der Waals surface area (Å²) in [4.78, 5) is 10.6. The van der Waals surface area contributed by atoms with Gasteiger partial charge in [-0.1, -0.05) is 36.0 Å². The summed E-state index contributed by atoms with van der Waals surface area (Å²) < 4.78 is 5.40. The fraction of sp³-hybridized carbons (Fsp3) is 0.286. The van der Waals surface area contributed by atoms with E-state index in [-0.39, 0.29) is 0 Å². The van der Waals surface area contributed by atoms with E-state index in [4.69, 9.17) is 9.84 Å². The van der Waals surface area contributed by atoms with Crippen molar-refractivity contribution in [2.75, 3.05) is 7.11 Å². The first-order valence-electron chi connectivity index (χ1n) is 7.85. The van der Waals surface area contributed by atoms with Crippen molar-refractivity contribution >= 4 is 12.0 Å². The van der Waals surface area contributed by atoms with E-state index < -0.39 is 5.97 Å². The second-order valence-corrected chi connectivity index (χ2v) is 5.89. The van der Waals surface area contributed by atoms with Gasteiger partial charge in [0.25, 0.3) is 0 Å². The van der Waals surface area contributed by atoms with Crippen LogP contribution in [-0.4, -0.2) is 18.2 Å². The first-order valence-corrected chi connectivity index (χ1v) is 7.85. The summed E-state index contributed by atoms with van der Waals surface area (Å²) in [6.45, 7) is 10.0. The maximum absolute atomic E-state index is 10.6. The molecule has 1 N–H and O–H groups in total. The zero-order valence-corrected chi connectivity index (χ0v) is 15.3. The standard InChI is InChI=1S/C21H26O3/c1-14(8-7-9-15(2)12-21(22)23)10-11-19-16(3)13-20(24-6)18(5)17(19)4/h7-13H,1-6H3,(H,22,23)/b9-7+,11-10?,14-8?,15-12+. The smallest absolute Gasteiger partial charge is 0.328 e. The Kier molecular flexibility index (Phi) is 7.25. The highest BCUT2D eigenvalue weighted by molar-refractivity contribution is 5.81. The van der Waals surface area contributed by atoms with Gasteiger partial charge in [0, 0.05) is 6.08 Å². The molecule has 0 saturated heterocycles. The lowest BCUT2D eigenvalue weighted by Crippen LogP contribution is -1.95. The van der Waals surface area contributed by atoms with Crippen LogP contribution in [0.4, 0.5) is 0 Å². The number of benzene rings is 1. The molecule has 0 aliphatic carbocycles. The average Bonchev–Trinajstić information content (AvgIpc) is 2.50. The second kappa shape index (κ2) is 8.92. The Hall–Kier alpha value is -2.55. The van der Waals surface area contributed by atoms with Gasteiger partial charge in [-0.05, 0) is 68.5 Å². The highest BCUT2D eigenvalue weighted by Gasteiger charge is 2.08. The third kappa shape index (κ3) is 5.58. The maximum Gasteiger partial charge on any atom is 0.328 e. The lowest BCUT2D eigenvalue weighted by molar-refractivity contribution is -0.131. The van der Waals surface area contributed by atoms with Gasteiger partial charge in [-0.15, -0.1) is 0 Å². The molecule has 0 saturated carbocycles. The number of hydrogen-bond acceptors (Lipinski definition) is 2. The van der Waals surface area contributed by atoms with Crippen LogP contribution in [0.5, 0.6) is 5.75 Å². The maximum atomic E-state index is 10.6. The van der Waals surface area contributed by atoms with Gasteiger partial charge < -0.3 is 9.84 Å². The monoisotopic (exact) mass is 326 g/mol. The molecule has 0 unspecified atom stereocenters. The number of aliphatic carboxylic acids is 1. The molecule has 3 nitrogen and oxygen atoms in total. The van der Waals surface area contributed by atoms with E-state index >= 15 is 0 Å². The van der Waals surface area contributed by atoms with Crippen LogP contribution in [-0.2, 0) is 4.79 Å². The van der Waals surface area contributed by atoms with Gasteiger partial charge in [0.2, 0.25) is 0 Å². The summed E-state index contributed by atoms with van der Waals surface area (Å²) in [5.74, 6) is -0.0170. The number of rotatable bonds is 6. The largest absolute Gasteiger partial charge is 0.496 e. The number of carboxylic acids is 1. The van der Waals surface area contributed by atoms with Gasteiger partial charge in [0.1, 0.15) is 5.75 Å². The second-order valence-electron chi connectivity index (χ2n) is 5.89. The van der Waals surface area contributed by atoms with Gasteiger partial charge in [-0.2, -0.15) is 0 Å². The Labute approximate surface area is 144 Å². The molecule has 1 rings (SSSR count). The van der Waals surface area contributed by atoms with E-state index in [1.54, 1.807) is 20.1 Å². The minimum Gasteiger partial charge on any atom is -0.496 e. The van der Waals surface area contributed by atoms with E-state index in [2.05, 4.69) is 39.0 Å². The number of ether oxygens (including phenoxy) is 1. The van der Waals surface area contributed by atoms with Gasteiger partial charge >= 0.3 is 5.97 Å². The fourth-order valence-corrected chi connectivity index (χ4v) is 2.40. The fourth-order valence-electron chi connectivity index (χ4n) is 2.40. The molecule has 1 aromatic carbocycles. The topological polar surface area (TPSA) is 46.5 Å². The number of allylic oxidation sites excluding steroid dienone is 6. The van der Waals surface area contributed by atoms with Crippen LogP contribution < -0.4 is 4.74 Å². The summed E-state index contributed by atoms with van der Waals surface area (Å²) >= 11 is 0. The molecule has 0 aromatic heterocycles. The summed E-state index contributed by atoms with van der Waals surface area (Å²) in [5.41, 5.74) is 6.53. The van der Waals surface area contributed by atoms with Crippen LogP contribution in [0.1, 0.15) is 36.1 Å². The third-order valence-corrected chi connectivity index (χ3v) is 3.91. The van der Waals surface area contributed by atoms with Gasteiger partial charge in [0.05, 0.1) is 7.11 Å². The molecule has 0 radical (unpaired) electrons. The van der Waals surface area contributed by atoms with Crippen LogP contribution in [0.2, 0.25) is 0 Å². The Morgan fingerprint density at radius 2 is 1.75 bits per heavy atom. The average molecular weight is 326 g/mol. The first kappa shape index (κ1) is 19.5. The van der Waals surface area contributed by atoms with Crippen molar-refractivity contribution < 1.29 is 14.6 Å². The zero-order chi connectivity index (χ0) is 18.3. The summed E-state index contributed by atoms with van der Waals surface area (Å²) in [7, 11) is 1.69. The Balaban J connectivity index is 2.97. The quantitative estimate of drug-likeness (QED) is 0.579. The Morgan fingerprint density at radius 1 is 1.08 bits per heavy atom. The van der Waals surface area contributed by atoms with Crippen molar-refractivity contribution in [1.82, 2.24) is 0 Å². The summed E-state index contributed by atoms with van der Waals surface area (Å²) in [6, 6.07) is 2.06. The van der Waals surface area contributed by atoms with E-state index in [9.17, 15) is 4.79 Å². The zero-order valence-electron chi connectivity index (χ0n) is 15.3. The van der Waals surface area contributed by atoms with E-state index in [1.165, 1.54) is 22.8 Å². The molecule has 0 heterocycles. The predicted molar refractivity (Wildman–Crippen MR) is 101 cm³/mol. The Bertz CT molecular complexity index is 732. The van der Waals surface area contributed by atoms with Crippen molar-refractivity contribution in [3.05, 3.63) is 69.8 Å². The number of methoxy groups -OCH3 is 1. The van der Waals surface area contributed by atoms with Crippen molar-refractivity contribution in [3.63, 3.8) is 0 Å². The van der Waals surface area contributed by atoms with Crippen molar-refractivity contribution in [1.29, 1.82) is 0 Å². The van der Waals surface area contributed by atoms with Crippen molar-refractivity contribution in [2.24, 2.45) is 0 Å². The van der Waals surface area contributed by atoms with Crippen LogP contribution in [0.3, 0.4) is 0 Å². The molecule has 0 aliphatic heterocycles. The highest BCUT2D eigenvalue weighted by atomic mass is 16.5. The number of hydrogen-bond donors (Lipinski definition) is 1. The molecule has 24 heavy (non-hydrogen) atoms. The van der Waals surface area contributed by atoms with Gasteiger partial charge in [-0.3, -0.25) is 0 Å². The van der Waals surface area contributed by atoms with E-state index in [1.807, 2.05) is 19.1 Å². The van der Waals surface area contributed by atoms with Crippen LogP contribution >= 0.6 is 0 Å². The molecular formula is C21H26O3. The molecule has 0 amide bonds. The molecule has 0 bridgehead atoms. The minimum absolute atomic E-state index is 0.702. The number of aryl methyl sites for hydroxylation is 1. The number of carbonyl (C=O) groups is 1. The number of carboxylic acid groups (broad SMARTS) is 1. The van der Waals surface area contributed by atoms with Crippen molar-refractivity contribution in [2.45, 2.75) is 34.6 Å². The summed E-state index contributed by atoms with van der Waals surface area (Å²) in [6.07, 6.45) is 10.9. The van der Waals surface area contributed by atoms with E-state index in [0.29, 0.717) is 5.57 Å². The third-order valence-electron chi connectivity index (χ3n) is 3.91. The normalized spacial score (nSPS) is 13.1. The molecule has 0 spiro atoms. The molecule has 3 heteroatoms. The molecule has 0 fully saturated rings. The predicted octanol–water partition coefficient (Wildman–Crippen LogP) is 5.17. The molecule has 0 aliphatic rings. The van der Waals surface area contributed by atoms with Crippen LogP contribution in [0.25, 0.3) is 6.08 Å². The highest BCUT2D eigenvalue weighted by Crippen LogP contribution is 2.28. The van der Waals surface area contributed by atoms with Gasteiger partial charge in [-0.25, -0.2) is 4.79 Å². The lowest BCUT2D eigenvalue weighted by atomic mass is 9.96.